The highest BCUT2D eigenvalue weighted by Crippen LogP contribution is 2.43. The van der Waals surface area contributed by atoms with Crippen LogP contribution >= 0.6 is 0 Å². The van der Waals surface area contributed by atoms with Gasteiger partial charge in [-0.25, -0.2) is 13.2 Å². The molecule has 9 heteroatoms. The first-order valence-corrected chi connectivity index (χ1v) is 12.5. The molecule has 3 heterocycles. The summed E-state index contributed by atoms with van der Waals surface area (Å²) < 4.78 is 50.8. The van der Waals surface area contributed by atoms with Gasteiger partial charge in [0, 0.05) is 41.7 Å². The van der Waals surface area contributed by atoms with E-state index in [1.807, 2.05) is 19.1 Å². The van der Waals surface area contributed by atoms with Gasteiger partial charge in [0.15, 0.2) is 5.67 Å². The van der Waals surface area contributed by atoms with Crippen molar-refractivity contribution in [1.29, 1.82) is 0 Å². The Morgan fingerprint density at radius 1 is 1.26 bits per heavy atom. The van der Waals surface area contributed by atoms with Crippen LogP contribution in [0.2, 0.25) is 0 Å². The molecule has 0 spiro atoms. The second-order valence-electron chi connectivity index (χ2n) is 10.5. The lowest BCUT2D eigenvalue weighted by Crippen LogP contribution is -2.62. The highest BCUT2D eigenvalue weighted by molar-refractivity contribution is 6.04. The van der Waals surface area contributed by atoms with Crippen molar-refractivity contribution in [1.82, 2.24) is 4.98 Å². The Hall–Kier alpha value is -3.43. The standard InChI is InChI=1S/C29H30F3N3O3/c1-17-4-5-20(34-27(37)18-6-7-33-25(12-18)28(2,3)31)13-21(17)19-10-23(30)22-14-29(32,16-36)26-15-38-9-8-35(26)24(22)11-19/h4-7,10-13,26,36H,8-9,14-16H2,1-3H3,(H,34,37)/t26-,29-/m0/s1. The molecular formula is C29H30F3N3O3. The van der Waals surface area contributed by atoms with Crippen molar-refractivity contribution in [2.45, 2.75) is 44.6 Å². The van der Waals surface area contributed by atoms with Crippen molar-refractivity contribution in [2.24, 2.45) is 0 Å². The number of alkyl halides is 2. The van der Waals surface area contributed by atoms with Gasteiger partial charge in [-0.15, -0.1) is 0 Å². The molecule has 1 saturated heterocycles. The van der Waals surface area contributed by atoms with Crippen molar-refractivity contribution in [3.8, 4) is 11.1 Å². The molecule has 1 aromatic heterocycles. The van der Waals surface area contributed by atoms with Crippen molar-refractivity contribution < 1.29 is 27.8 Å². The fourth-order valence-corrected chi connectivity index (χ4v) is 5.21. The summed E-state index contributed by atoms with van der Waals surface area (Å²) in [6.07, 6.45) is 1.15. The van der Waals surface area contributed by atoms with Crippen LogP contribution in [0, 0.1) is 12.7 Å². The summed E-state index contributed by atoms with van der Waals surface area (Å²) in [6.45, 7) is 4.77. The maximum Gasteiger partial charge on any atom is 0.255 e. The number of aryl methyl sites for hydroxylation is 1. The number of morpholine rings is 1. The molecule has 2 aromatic carbocycles. The maximum absolute atomic E-state index is 15.6. The summed E-state index contributed by atoms with van der Waals surface area (Å²) >= 11 is 0. The summed E-state index contributed by atoms with van der Waals surface area (Å²) in [5.74, 6) is -0.978. The minimum Gasteiger partial charge on any atom is -0.393 e. The van der Waals surface area contributed by atoms with Gasteiger partial charge >= 0.3 is 0 Å². The third-order valence-corrected chi connectivity index (χ3v) is 7.38. The molecule has 2 atom stereocenters. The maximum atomic E-state index is 15.6. The molecule has 6 nitrogen and oxygen atoms in total. The molecule has 0 saturated carbocycles. The van der Waals surface area contributed by atoms with Crippen LogP contribution in [0.4, 0.5) is 24.5 Å². The number of hydrogen-bond donors (Lipinski definition) is 2. The van der Waals surface area contributed by atoms with E-state index in [0.717, 1.165) is 5.56 Å². The van der Waals surface area contributed by atoms with E-state index >= 15 is 8.78 Å². The number of amides is 1. The Morgan fingerprint density at radius 2 is 2.05 bits per heavy atom. The quantitative estimate of drug-likeness (QED) is 0.484. The molecule has 200 valence electrons. The number of carbonyl (C=O) groups is 1. The molecule has 0 unspecified atom stereocenters. The summed E-state index contributed by atoms with van der Waals surface area (Å²) in [5, 5.41) is 12.6. The molecule has 5 rings (SSSR count). The zero-order valence-electron chi connectivity index (χ0n) is 21.5. The number of fused-ring (bicyclic) bond motifs is 3. The van der Waals surface area contributed by atoms with Crippen LogP contribution in [0.1, 0.15) is 41.0 Å². The van der Waals surface area contributed by atoms with Gasteiger partial charge in [0.2, 0.25) is 0 Å². The number of carbonyl (C=O) groups excluding carboxylic acids is 1. The largest absolute Gasteiger partial charge is 0.393 e. The number of nitrogens with zero attached hydrogens (tertiary/aromatic N) is 2. The lowest BCUT2D eigenvalue weighted by Gasteiger charge is -2.48. The van der Waals surface area contributed by atoms with E-state index < -0.39 is 35.7 Å². The Labute approximate surface area is 219 Å². The first-order chi connectivity index (χ1) is 18.0. The number of nitrogens with one attached hydrogen (secondary N) is 1. The van der Waals surface area contributed by atoms with E-state index in [2.05, 4.69) is 10.3 Å². The molecular weight excluding hydrogens is 495 g/mol. The molecule has 1 amide bonds. The average Bonchev–Trinajstić information content (AvgIpc) is 2.90. The average molecular weight is 526 g/mol. The van der Waals surface area contributed by atoms with E-state index in [9.17, 15) is 14.3 Å². The molecule has 0 aliphatic carbocycles. The van der Waals surface area contributed by atoms with Gasteiger partial charge < -0.3 is 20.1 Å². The molecule has 2 aliphatic rings. The minimum atomic E-state index is -2.00. The van der Waals surface area contributed by atoms with E-state index in [1.165, 1.54) is 38.2 Å². The predicted molar refractivity (Wildman–Crippen MR) is 139 cm³/mol. The minimum absolute atomic E-state index is 0.110. The molecule has 38 heavy (non-hydrogen) atoms. The van der Waals surface area contributed by atoms with Crippen LogP contribution in [-0.2, 0) is 16.8 Å². The number of ether oxygens (including phenoxy) is 1. The molecule has 0 bridgehead atoms. The number of anilines is 2. The van der Waals surface area contributed by atoms with Gasteiger partial charge in [0.25, 0.3) is 5.91 Å². The van der Waals surface area contributed by atoms with Gasteiger partial charge in [-0.05, 0) is 73.9 Å². The second-order valence-corrected chi connectivity index (χ2v) is 10.5. The van der Waals surface area contributed by atoms with E-state index in [-0.39, 0.29) is 29.8 Å². The van der Waals surface area contributed by atoms with E-state index in [4.69, 9.17) is 4.74 Å². The second kappa shape index (κ2) is 9.71. The van der Waals surface area contributed by atoms with Crippen molar-refractivity contribution >= 4 is 17.3 Å². The SMILES string of the molecule is Cc1ccc(NC(=O)c2ccnc(C(C)(C)F)c2)cc1-c1cc(F)c2c(c1)N1CCOC[C@H]1[C@@](F)(CO)C2. The molecule has 2 N–H and O–H groups in total. The zero-order valence-corrected chi connectivity index (χ0v) is 21.5. The van der Waals surface area contributed by atoms with E-state index in [0.29, 0.717) is 35.7 Å². The number of hydrogen-bond acceptors (Lipinski definition) is 5. The number of halogens is 3. The number of aliphatic hydroxyl groups is 1. The Balaban J connectivity index is 1.48. The van der Waals surface area contributed by atoms with Gasteiger partial charge in [-0.1, -0.05) is 6.07 Å². The number of aliphatic hydroxyl groups excluding tert-OH is 1. The van der Waals surface area contributed by atoms with Crippen molar-refractivity contribution in [2.75, 3.05) is 36.6 Å². The Bertz CT molecular complexity index is 1390. The van der Waals surface area contributed by atoms with Crippen molar-refractivity contribution in [3.05, 3.63) is 76.9 Å². The van der Waals surface area contributed by atoms with Crippen LogP contribution in [0.15, 0.2) is 48.7 Å². The highest BCUT2D eigenvalue weighted by atomic mass is 19.1. The zero-order chi connectivity index (χ0) is 27.2. The molecule has 2 aliphatic heterocycles. The monoisotopic (exact) mass is 525 g/mol. The normalized spacial score (nSPS) is 21.0. The van der Waals surface area contributed by atoms with Gasteiger partial charge in [0.1, 0.15) is 11.5 Å². The number of aromatic nitrogens is 1. The first-order valence-electron chi connectivity index (χ1n) is 12.5. The summed E-state index contributed by atoms with van der Waals surface area (Å²) in [6, 6.07) is 10.7. The van der Waals surface area contributed by atoms with Crippen molar-refractivity contribution in [3.63, 3.8) is 0 Å². The number of pyridine rings is 1. The lowest BCUT2D eigenvalue weighted by atomic mass is 9.81. The fraction of sp³-hybridized carbons (Fsp3) is 0.379. The summed E-state index contributed by atoms with van der Waals surface area (Å²) in [4.78, 5) is 18.7. The highest BCUT2D eigenvalue weighted by Gasteiger charge is 2.49. The predicted octanol–water partition coefficient (Wildman–Crippen LogP) is 5.11. The number of rotatable bonds is 5. The topological polar surface area (TPSA) is 74.7 Å². The van der Waals surface area contributed by atoms with Gasteiger partial charge in [-0.2, -0.15) is 0 Å². The van der Waals surface area contributed by atoms with Gasteiger partial charge in [-0.3, -0.25) is 9.78 Å². The smallest absolute Gasteiger partial charge is 0.255 e. The van der Waals surface area contributed by atoms with Crippen LogP contribution in [-0.4, -0.2) is 54.1 Å². The molecule has 3 aromatic rings. The molecule has 0 radical (unpaired) electrons. The van der Waals surface area contributed by atoms with E-state index in [1.54, 1.807) is 17.0 Å². The third kappa shape index (κ3) is 4.76. The summed E-state index contributed by atoms with van der Waals surface area (Å²) in [5.41, 5.74) is 0.170. The van der Waals surface area contributed by atoms with Crippen LogP contribution in [0.3, 0.4) is 0 Å². The molecule has 1 fully saturated rings. The van der Waals surface area contributed by atoms with Crippen LogP contribution < -0.4 is 10.2 Å². The first kappa shape index (κ1) is 26.2. The van der Waals surface area contributed by atoms with Crippen LogP contribution in [0.5, 0.6) is 0 Å². The fourth-order valence-electron chi connectivity index (χ4n) is 5.21. The summed E-state index contributed by atoms with van der Waals surface area (Å²) in [7, 11) is 0. The Kier molecular flexibility index (Phi) is 6.69. The van der Waals surface area contributed by atoms with Gasteiger partial charge in [0.05, 0.1) is 31.6 Å². The Morgan fingerprint density at radius 3 is 2.79 bits per heavy atom. The lowest BCUT2D eigenvalue weighted by molar-refractivity contribution is -0.0178. The number of benzene rings is 2. The van der Waals surface area contributed by atoms with Crippen LogP contribution in [0.25, 0.3) is 11.1 Å². The third-order valence-electron chi connectivity index (χ3n) is 7.38.